The summed E-state index contributed by atoms with van der Waals surface area (Å²) in [6, 6.07) is 13.8. The van der Waals surface area contributed by atoms with Gasteiger partial charge in [-0.3, -0.25) is 0 Å². The highest BCUT2D eigenvalue weighted by Gasteiger charge is 2.48. The van der Waals surface area contributed by atoms with Crippen LogP contribution in [0, 0.1) is 0 Å². The van der Waals surface area contributed by atoms with E-state index in [9.17, 15) is 26.4 Å². The van der Waals surface area contributed by atoms with Crippen molar-refractivity contribution < 1.29 is 31.1 Å². The second-order valence-electron chi connectivity index (χ2n) is 5.00. The highest BCUT2D eigenvalue weighted by Crippen LogP contribution is 2.25. The van der Waals surface area contributed by atoms with Crippen molar-refractivity contribution in [3.63, 3.8) is 0 Å². The fraction of sp³-hybridized carbons (Fsp3) is 0.188. The van der Waals surface area contributed by atoms with Crippen LogP contribution in [0.15, 0.2) is 60.7 Å². The van der Waals surface area contributed by atoms with Gasteiger partial charge in [-0.1, -0.05) is 60.7 Å². The van der Waals surface area contributed by atoms with E-state index in [2.05, 4.69) is 0 Å². The minimum Gasteiger partial charge on any atom is -0.459 e. The van der Waals surface area contributed by atoms with Gasteiger partial charge in [0, 0.05) is 0 Å². The van der Waals surface area contributed by atoms with Gasteiger partial charge >= 0.3 is 21.5 Å². The lowest BCUT2D eigenvalue weighted by Gasteiger charge is -2.19. The Morgan fingerprint density at radius 1 is 1.00 bits per heavy atom. The Kier molecular flexibility index (Phi) is 5.81. The van der Waals surface area contributed by atoms with E-state index in [-0.39, 0.29) is 12.2 Å². The molecule has 0 spiro atoms. The first kappa shape index (κ1) is 18.9. The van der Waals surface area contributed by atoms with Gasteiger partial charge in [-0.2, -0.15) is 17.9 Å². The number of ether oxygens (including phenoxy) is 1. The van der Waals surface area contributed by atoms with Crippen LogP contribution < -0.4 is 4.72 Å². The third-order valence-corrected chi connectivity index (χ3v) is 4.33. The maximum atomic E-state index is 12.6. The van der Waals surface area contributed by atoms with Crippen molar-refractivity contribution in [3.05, 3.63) is 71.8 Å². The molecule has 0 saturated heterocycles. The smallest absolute Gasteiger partial charge is 0.459 e. The Labute approximate surface area is 142 Å². The van der Waals surface area contributed by atoms with Gasteiger partial charge in [-0.05, 0) is 11.1 Å². The van der Waals surface area contributed by atoms with Crippen LogP contribution in [0.1, 0.15) is 17.2 Å². The molecule has 0 radical (unpaired) electrons. The van der Waals surface area contributed by atoms with Crippen LogP contribution in [0.3, 0.4) is 0 Å². The van der Waals surface area contributed by atoms with Gasteiger partial charge in [0.15, 0.2) is 0 Å². The van der Waals surface area contributed by atoms with Gasteiger partial charge in [-0.15, -0.1) is 0 Å². The Morgan fingerprint density at radius 3 is 2.04 bits per heavy atom. The molecule has 1 N–H and O–H groups in total. The quantitative estimate of drug-likeness (QED) is 0.791. The molecule has 0 saturated carbocycles. The number of alkyl halides is 3. The first-order valence-electron chi connectivity index (χ1n) is 7.05. The highest BCUT2D eigenvalue weighted by atomic mass is 32.2. The van der Waals surface area contributed by atoms with E-state index in [1.165, 1.54) is 29.0 Å². The van der Waals surface area contributed by atoms with E-state index in [1.807, 2.05) is 0 Å². The first-order chi connectivity index (χ1) is 11.7. The van der Waals surface area contributed by atoms with Gasteiger partial charge in [0.2, 0.25) is 0 Å². The van der Waals surface area contributed by atoms with Crippen molar-refractivity contribution in [1.82, 2.24) is 4.72 Å². The Hall–Kier alpha value is -2.39. The number of carbonyl (C=O) groups is 1. The molecule has 134 valence electrons. The monoisotopic (exact) mass is 373 g/mol. The summed E-state index contributed by atoms with van der Waals surface area (Å²) in [6.07, 6.45) is 0. The summed E-state index contributed by atoms with van der Waals surface area (Å²) in [6.45, 7) is -0.198. The van der Waals surface area contributed by atoms with E-state index in [1.54, 1.807) is 36.4 Å². The third kappa shape index (κ3) is 5.04. The molecule has 0 aliphatic carbocycles. The molecular formula is C16H14F3NO4S. The van der Waals surface area contributed by atoms with Crippen LogP contribution in [0.2, 0.25) is 0 Å². The van der Waals surface area contributed by atoms with Gasteiger partial charge in [0.1, 0.15) is 12.6 Å². The molecule has 0 heterocycles. The second-order valence-corrected chi connectivity index (χ2v) is 6.71. The molecule has 1 atom stereocenters. The lowest BCUT2D eigenvalue weighted by atomic mass is 10.1. The molecule has 25 heavy (non-hydrogen) atoms. The van der Waals surface area contributed by atoms with Gasteiger partial charge in [0.25, 0.3) is 0 Å². The predicted molar refractivity (Wildman–Crippen MR) is 83.5 cm³/mol. The summed E-state index contributed by atoms with van der Waals surface area (Å²) in [4.78, 5) is 12.2. The molecule has 0 aliphatic rings. The van der Waals surface area contributed by atoms with E-state index >= 15 is 0 Å². The van der Waals surface area contributed by atoms with E-state index in [4.69, 9.17) is 4.74 Å². The summed E-state index contributed by atoms with van der Waals surface area (Å²) in [5, 5.41) is 0. The van der Waals surface area contributed by atoms with Crippen molar-refractivity contribution >= 4 is 16.0 Å². The second kappa shape index (κ2) is 7.66. The first-order valence-corrected chi connectivity index (χ1v) is 8.53. The van der Waals surface area contributed by atoms with Crippen LogP contribution in [0.25, 0.3) is 0 Å². The van der Waals surface area contributed by atoms with Crippen LogP contribution >= 0.6 is 0 Å². The maximum absolute atomic E-state index is 12.6. The summed E-state index contributed by atoms with van der Waals surface area (Å²) in [5.74, 6) is -1.14. The molecule has 0 aromatic heterocycles. The van der Waals surface area contributed by atoms with Gasteiger partial charge in [0.05, 0.1) is 0 Å². The zero-order valence-corrected chi connectivity index (χ0v) is 13.5. The molecule has 9 heteroatoms. The topological polar surface area (TPSA) is 72.5 Å². The highest BCUT2D eigenvalue weighted by molar-refractivity contribution is 7.90. The lowest BCUT2D eigenvalue weighted by molar-refractivity contribution is -0.147. The van der Waals surface area contributed by atoms with Crippen molar-refractivity contribution in [1.29, 1.82) is 0 Å². The average molecular weight is 373 g/mol. The predicted octanol–water partition coefficient (Wildman–Crippen LogP) is 2.91. The summed E-state index contributed by atoms with van der Waals surface area (Å²) < 4.78 is 66.9. The van der Waals surface area contributed by atoms with Gasteiger partial charge in [-0.25, -0.2) is 13.2 Å². The largest absolute Gasteiger partial charge is 0.511 e. The number of esters is 1. The van der Waals surface area contributed by atoms with Crippen LogP contribution in [-0.2, 0) is 26.2 Å². The van der Waals surface area contributed by atoms with Crippen LogP contribution in [0.5, 0.6) is 0 Å². The SMILES string of the molecule is O=C(OCc1ccccc1)C(NS(=O)(=O)C(F)(F)F)c1ccccc1. The van der Waals surface area contributed by atoms with Crippen molar-refractivity contribution in [2.45, 2.75) is 18.2 Å². The normalized spacial score (nSPS) is 13.2. The minimum atomic E-state index is -5.72. The van der Waals surface area contributed by atoms with Gasteiger partial charge < -0.3 is 4.74 Å². The molecule has 1 unspecified atom stereocenters. The molecule has 0 bridgehead atoms. The van der Waals surface area contributed by atoms with Crippen molar-refractivity contribution in [3.8, 4) is 0 Å². The average Bonchev–Trinajstić information content (AvgIpc) is 2.58. The Balaban J connectivity index is 2.21. The molecule has 2 rings (SSSR count). The zero-order valence-electron chi connectivity index (χ0n) is 12.7. The Morgan fingerprint density at radius 2 is 1.52 bits per heavy atom. The number of rotatable bonds is 6. The van der Waals surface area contributed by atoms with E-state index < -0.39 is 27.5 Å². The number of nitrogens with one attached hydrogen (secondary N) is 1. The molecule has 0 amide bonds. The molecule has 0 aliphatic heterocycles. The summed E-state index contributed by atoms with van der Waals surface area (Å²) >= 11 is 0. The molecule has 0 fully saturated rings. The Bertz CT molecular complexity index is 808. The number of carbonyl (C=O) groups excluding carboxylic acids is 1. The third-order valence-electron chi connectivity index (χ3n) is 3.17. The number of sulfonamides is 1. The summed E-state index contributed by atoms with van der Waals surface area (Å²) in [7, 11) is -5.72. The molecule has 2 aromatic carbocycles. The number of halogens is 3. The summed E-state index contributed by atoms with van der Waals surface area (Å²) in [5.41, 5.74) is -4.89. The standard InChI is InChI=1S/C16H14F3NO4S/c17-16(18,19)25(22,23)20-14(13-9-5-2-6-10-13)15(21)24-11-12-7-3-1-4-8-12/h1-10,14,20H,11H2. The van der Waals surface area contributed by atoms with Crippen LogP contribution in [-0.4, -0.2) is 19.9 Å². The number of hydrogen-bond donors (Lipinski definition) is 1. The van der Waals surface area contributed by atoms with E-state index in [0.29, 0.717) is 5.56 Å². The molecule has 2 aromatic rings. The van der Waals surface area contributed by atoms with Crippen molar-refractivity contribution in [2.24, 2.45) is 0 Å². The number of hydrogen-bond acceptors (Lipinski definition) is 4. The maximum Gasteiger partial charge on any atom is 0.511 e. The molecular weight excluding hydrogens is 359 g/mol. The number of benzene rings is 2. The van der Waals surface area contributed by atoms with Crippen molar-refractivity contribution in [2.75, 3.05) is 0 Å². The van der Waals surface area contributed by atoms with E-state index in [0.717, 1.165) is 0 Å². The zero-order chi connectivity index (χ0) is 18.5. The molecule has 5 nitrogen and oxygen atoms in total. The fourth-order valence-electron chi connectivity index (χ4n) is 1.93. The minimum absolute atomic E-state index is 0.0355. The fourth-order valence-corrected chi connectivity index (χ4v) is 2.61. The lowest BCUT2D eigenvalue weighted by Crippen LogP contribution is -2.42. The van der Waals surface area contributed by atoms with Crippen LogP contribution in [0.4, 0.5) is 13.2 Å².